The monoisotopic (exact) mass is 322 g/mol. The molecule has 1 aromatic heterocycles. The van der Waals surface area contributed by atoms with Crippen molar-refractivity contribution in [3.8, 4) is 0 Å². The van der Waals surface area contributed by atoms with Gasteiger partial charge in [-0.25, -0.2) is 0 Å². The van der Waals surface area contributed by atoms with Crippen LogP contribution in [0.3, 0.4) is 0 Å². The van der Waals surface area contributed by atoms with E-state index in [1.165, 1.54) is 0 Å². The molecule has 0 saturated carbocycles. The minimum Gasteiger partial charge on any atom is -0.444 e. The molecule has 2 aromatic rings. The number of nitrogens with two attached hydrogens (primary N) is 1. The maximum absolute atomic E-state index is 11.9. The summed E-state index contributed by atoms with van der Waals surface area (Å²) in [4.78, 5) is 22.9. The van der Waals surface area contributed by atoms with Gasteiger partial charge in [0.15, 0.2) is 10.4 Å². The van der Waals surface area contributed by atoms with Crippen molar-refractivity contribution >= 4 is 33.4 Å². The van der Waals surface area contributed by atoms with Crippen LogP contribution in [0.1, 0.15) is 26.5 Å². The Balaban J connectivity index is 2.20. The summed E-state index contributed by atoms with van der Waals surface area (Å²) < 4.78 is 5.63. The molecule has 0 aliphatic rings. The Labute approximate surface area is 117 Å². The van der Waals surface area contributed by atoms with Gasteiger partial charge in [0.05, 0.1) is 0 Å². The third kappa shape index (κ3) is 3.03. The van der Waals surface area contributed by atoms with Crippen LogP contribution in [-0.4, -0.2) is 11.8 Å². The molecule has 0 atom stereocenters. The van der Waals surface area contributed by atoms with Gasteiger partial charge < -0.3 is 15.5 Å². The maximum Gasteiger partial charge on any atom is 0.291 e. The molecule has 1 aromatic carbocycles. The van der Waals surface area contributed by atoms with Crippen LogP contribution in [0.4, 0.5) is 5.69 Å². The summed E-state index contributed by atoms with van der Waals surface area (Å²) in [6.45, 7) is 1.78. The molecule has 1 heterocycles. The molecule has 98 valence electrons. The lowest BCUT2D eigenvalue weighted by Crippen LogP contribution is -2.14. The number of hydrogen-bond donors (Lipinski definition) is 2. The Morgan fingerprint density at radius 1 is 1.26 bits per heavy atom. The topological polar surface area (TPSA) is 85.3 Å². The van der Waals surface area contributed by atoms with E-state index in [4.69, 9.17) is 10.2 Å². The molecule has 0 spiro atoms. The van der Waals surface area contributed by atoms with Gasteiger partial charge in [0.1, 0.15) is 0 Å². The number of primary amides is 1. The van der Waals surface area contributed by atoms with Crippen LogP contribution >= 0.6 is 15.9 Å². The number of carbonyl (C=O) groups excluding carboxylic acids is 2. The summed E-state index contributed by atoms with van der Waals surface area (Å²) in [6, 6.07) is 8.01. The van der Waals surface area contributed by atoms with E-state index in [1.807, 2.05) is 0 Å². The van der Waals surface area contributed by atoms with Crippen LogP contribution < -0.4 is 11.1 Å². The van der Waals surface area contributed by atoms with Crippen molar-refractivity contribution in [2.24, 2.45) is 5.73 Å². The van der Waals surface area contributed by atoms with Gasteiger partial charge in [-0.1, -0.05) is 0 Å². The number of halogens is 1. The Bertz CT molecular complexity index is 649. The average molecular weight is 323 g/mol. The molecular weight excluding hydrogens is 312 g/mol. The van der Waals surface area contributed by atoms with Gasteiger partial charge in [-0.3, -0.25) is 9.59 Å². The summed E-state index contributed by atoms with van der Waals surface area (Å²) in [6.07, 6.45) is 0. The number of anilines is 1. The lowest BCUT2D eigenvalue weighted by Gasteiger charge is -2.08. The van der Waals surface area contributed by atoms with Crippen molar-refractivity contribution in [1.82, 2.24) is 0 Å². The van der Waals surface area contributed by atoms with Gasteiger partial charge in [-0.2, -0.15) is 0 Å². The Morgan fingerprint density at radius 3 is 2.53 bits per heavy atom. The summed E-state index contributed by atoms with van der Waals surface area (Å²) in [7, 11) is 0. The van der Waals surface area contributed by atoms with Gasteiger partial charge in [-0.05, 0) is 58.7 Å². The zero-order valence-electron chi connectivity index (χ0n) is 10.1. The quantitative estimate of drug-likeness (QED) is 0.911. The highest BCUT2D eigenvalue weighted by Crippen LogP contribution is 2.19. The van der Waals surface area contributed by atoms with E-state index >= 15 is 0 Å². The molecular formula is C13H11BrN2O3. The number of rotatable bonds is 3. The van der Waals surface area contributed by atoms with Crippen LogP contribution in [0.5, 0.6) is 0 Å². The first-order valence-corrected chi connectivity index (χ1v) is 6.24. The van der Waals surface area contributed by atoms with E-state index in [9.17, 15) is 9.59 Å². The van der Waals surface area contributed by atoms with Crippen LogP contribution in [-0.2, 0) is 0 Å². The minimum atomic E-state index is -0.504. The largest absolute Gasteiger partial charge is 0.444 e. The molecule has 3 N–H and O–H groups in total. The zero-order valence-corrected chi connectivity index (χ0v) is 11.7. The molecule has 0 radical (unpaired) electrons. The second-order valence-electron chi connectivity index (χ2n) is 3.95. The van der Waals surface area contributed by atoms with Gasteiger partial charge >= 0.3 is 0 Å². The first kappa shape index (κ1) is 13.4. The number of hydrogen-bond acceptors (Lipinski definition) is 3. The number of furan rings is 1. The van der Waals surface area contributed by atoms with Gasteiger partial charge in [-0.15, -0.1) is 0 Å². The first-order valence-electron chi connectivity index (χ1n) is 5.44. The SMILES string of the molecule is Cc1cc(C(N)=O)ccc1NC(=O)c1ccc(Br)o1. The van der Waals surface area contributed by atoms with Crippen molar-refractivity contribution in [2.75, 3.05) is 5.32 Å². The van der Waals surface area contributed by atoms with E-state index in [2.05, 4.69) is 21.2 Å². The average Bonchev–Trinajstić information content (AvgIpc) is 2.78. The van der Waals surface area contributed by atoms with E-state index < -0.39 is 5.91 Å². The molecule has 19 heavy (non-hydrogen) atoms. The summed E-state index contributed by atoms with van der Waals surface area (Å²) in [5.41, 5.74) is 6.93. The fourth-order valence-electron chi connectivity index (χ4n) is 1.58. The first-order chi connectivity index (χ1) is 8.97. The van der Waals surface area contributed by atoms with Crippen molar-refractivity contribution in [1.29, 1.82) is 0 Å². The highest BCUT2D eigenvalue weighted by Gasteiger charge is 2.12. The summed E-state index contributed by atoms with van der Waals surface area (Å²) in [5, 5.41) is 2.70. The van der Waals surface area contributed by atoms with Crippen molar-refractivity contribution in [3.05, 3.63) is 51.9 Å². The molecule has 0 saturated heterocycles. The second kappa shape index (κ2) is 5.27. The highest BCUT2D eigenvalue weighted by atomic mass is 79.9. The van der Waals surface area contributed by atoms with Gasteiger partial charge in [0.2, 0.25) is 5.91 Å². The number of benzene rings is 1. The Kier molecular flexibility index (Phi) is 3.71. The lowest BCUT2D eigenvalue weighted by atomic mass is 10.1. The van der Waals surface area contributed by atoms with Crippen LogP contribution in [0.25, 0.3) is 0 Å². The predicted octanol–water partition coefficient (Wildman–Crippen LogP) is 2.70. The van der Waals surface area contributed by atoms with E-state index in [1.54, 1.807) is 37.3 Å². The smallest absolute Gasteiger partial charge is 0.291 e. The predicted molar refractivity (Wildman–Crippen MR) is 74.1 cm³/mol. The molecule has 0 bridgehead atoms. The highest BCUT2D eigenvalue weighted by molar-refractivity contribution is 9.10. The molecule has 2 amide bonds. The molecule has 0 fully saturated rings. The molecule has 6 heteroatoms. The van der Waals surface area contributed by atoms with E-state index in [-0.39, 0.29) is 11.7 Å². The van der Waals surface area contributed by atoms with Crippen LogP contribution in [0, 0.1) is 6.92 Å². The number of nitrogens with one attached hydrogen (secondary N) is 1. The van der Waals surface area contributed by atoms with E-state index in [0.29, 0.717) is 15.9 Å². The fourth-order valence-corrected chi connectivity index (χ4v) is 1.88. The number of amides is 2. The fraction of sp³-hybridized carbons (Fsp3) is 0.0769. The minimum absolute atomic E-state index is 0.199. The molecule has 0 aliphatic carbocycles. The van der Waals surface area contributed by atoms with Crippen molar-refractivity contribution in [3.63, 3.8) is 0 Å². The maximum atomic E-state index is 11.9. The summed E-state index contributed by atoms with van der Waals surface area (Å²) >= 11 is 3.13. The zero-order chi connectivity index (χ0) is 14.0. The number of aryl methyl sites for hydroxylation is 1. The van der Waals surface area contributed by atoms with Crippen LogP contribution in [0.15, 0.2) is 39.4 Å². The molecule has 0 unspecified atom stereocenters. The van der Waals surface area contributed by atoms with Crippen LogP contribution in [0.2, 0.25) is 0 Å². The normalized spacial score (nSPS) is 10.2. The van der Waals surface area contributed by atoms with E-state index in [0.717, 1.165) is 5.56 Å². The Morgan fingerprint density at radius 2 is 2.00 bits per heavy atom. The van der Waals surface area contributed by atoms with Crippen molar-refractivity contribution < 1.29 is 14.0 Å². The third-order valence-corrected chi connectivity index (χ3v) is 2.98. The molecule has 0 aliphatic heterocycles. The standard InChI is InChI=1S/C13H11BrN2O3/c1-7-6-8(12(15)17)2-3-9(7)16-13(18)10-4-5-11(14)19-10/h2-6H,1H3,(H2,15,17)(H,16,18). The molecule has 5 nitrogen and oxygen atoms in total. The van der Waals surface area contributed by atoms with Gasteiger partial charge in [0, 0.05) is 11.3 Å². The third-order valence-electron chi connectivity index (χ3n) is 2.56. The van der Waals surface area contributed by atoms with Crippen molar-refractivity contribution in [2.45, 2.75) is 6.92 Å². The lowest BCUT2D eigenvalue weighted by molar-refractivity contribution is 0.0990. The second-order valence-corrected chi connectivity index (χ2v) is 4.73. The number of carbonyl (C=O) groups is 2. The Hall–Kier alpha value is -2.08. The summed E-state index contributed by atoms with van der Waals surface area (Å²) in [5.74, 6) is -0.665. The van der Waals surface area contributed by atoms with Gasteiger partial charge in [0.25, 0.3) is 5.91 Å². The molecule has 2 rings (SSSR count).